The van der Waals surface area contributed by atoms with Gasteiger partial charge < -0.3 is 4.98 Å². The second kappa shape index (κ2) is 7.01. The van der Waals surface area contributed by atoms with Crippen LogP contribution in [0.5, 0.6) is 0 Å². The molecule has 2 aromatic heterocycles. The Kier molecular flexibility index (Phi) is 4.66. The summed E-state index contributed by atoms with van der Waals surface area (Å²) in [5.41, 5.74) is 0.489. The molecule has 2 aromatic carbocycles. The Morgan fingerprint density at radius 2 is 1.93 bits per heavy atom. The van der Waals surface area contributed by atoms with E-state index < -0.39 is 17.3 Å². The van der Waals surface area contributed by atoms with Gasteiger partial charge in [0.2, 0.25) is 0 Å². The van der Waals surface area contributed by atoms with Gasteiger partial charge in [-0.25, -0.2) is 4.98 Å². The summed E-state index contributed by atoms with van der Waals surface area (Å²) >= 11 is 1.35. The van der Waals surface area contributed by atoms with Crippen LogP contribution in [0.25, 0.3) is 27.6 Å². The molecule has 0 aliphatic carbocycles. The number of rotatable bonds is 4. The molecular weight excluding hydrogens is 387 g/mol. The van der Waals surface area contributed by atoms with Crippen LogP contribution in [-0.4, -0.2) is 20.3 Å². The first kappa shape index (κ1) is 18.6. The third-order valence-electron chi connectivity index (χ3n) is 4.36. The molecule has 0 radical (unpaired) electrons. The normalized spacial score (nSPS) is 12.1. The number of fused-ring (bicyclic) bond motifs is 3. The smallest absolute Gasteiger partial charge is 0.349 e. The maximum atomic E-state index is 13.2. The van der Waals surface area contributed by atoms with Gasteiger partial charge in [0, 0.05) is 16.7 Å². The molecule has 1 N–H and O–H groups in total. The van der Waals surface area contributed by atoms with Crippen molar-refractivity contribution >= 4 is 33.7 Å². The van der Waals surface area contributed by atoms with Gasteiger partial charge >= 0.3 is 6.18 Å². The molecule has 144 valence electrons. The zero-order valence-corrected chi connectivity index (χ0v) is 15.7. The van der Waals surface area contributed by atoms with Crippen LogP contribution < -0.4 is 5.56 Å². The van der Waals surface area contributed by atoms with Crippen molar-refractivity contribution in [3.8, 4) is 5.69 Å². The Hall–Kier alpha value is -2.74. The van der Waals surface area contributed by atoms with E-state index in [-0.39, 0.29) is 11.2 Å². The van der Waals surface area contributed by atoms with Crippen LogP contribution in [0.4, 0.5) is 13.2 Å². The highest BCUT2D eigenvalue weighted by molar-refractivity contribution is 7.99. The number of nitrogens with one attached hydrogen (secondary N) is 1. The zero-order valence-electron chi connectivity index (χ0n) is 14.9. The number of thioether (sulfide) groups is 1. The van der Waals surface area contributed by atoms with Crippen molar-refractivity contribution in [2.75, 3.05) is 5.75 Å². The molecule has 4 rings (SSSR count). The second-order valence-electron chi connectivity index (χ2n) is 6.33. The highest BCUT2D eigenvalue weighted by atomic mass is 32.2. The van der Waals surface area contributed by atoms with Crippen LogP contribution in [-0.2, 0) is 6.18 Å². The van der Waals surface area contributed by atoms with E-state index in [9.17, 15) is 18.0 Å². The summed E-state index contributed by atoms with van der Waals surface area (Å²) in [6, 6.07) is 12.2. The molecule has 0 spiro atoms. The molecule has 0 saturated heterocycles. The van der Waals surface area contributed by atoms with E-state index in [0.29, 0.717) is 16.4 Å². The summed E-state index contributed by atoms with van der Waals surface area (Å²) in [6.45, 7) is 1.99. The van der Waals surface area contributed by atoms with Crippen molar-refractivity contribution in [1.29, 1.82) is 0 Å². The summed E-state index contributed by atoms with van der Waals surface area (Å²) in [4.78, 5) is 20.9. The number of aromatic nitrogens is 3. The third kappa shape index (κ3) is 3.17. The van der Waals surface area contributed by atoms with Gasteiger partial charge in [0.25, 0.3) is 5.56 Å². The van der Waals surface area contributed by atoms with Gasteiger partial charge in [-0.2, -0.15) is 13.2 Å². The van der Waals surface area contributed by atoms with Crippen molar-refractivity contribution in [2.45, 2.75) is 24.7 Å². The van der Waals surface area contributed by atoms with E-state index in [4.69, 9.17) is 0 Å². The van der Waals surface area contributed by atoms with E-state index in [2.05, 4.69) is 9.97 Å². The fraction of sp³-hybridized carbons (Fsp3) is 0.200. The van der Waals surface area contributed by atoms with E-state index >= 15 is 0 Å². The molecule has 0 atom stereocenters. The van der Waals surface area contributed by atoms with Crippen molar-refractivity contribution in [2.24, 2.45) is 0 Å². The minimum absolute atomic E-state index is 0.145. The summed E-state index contributed by atoms with van der Waals surface area (Å²) in [5.74, 6) is 0.694. The number of H-pyrrole nitrogens is 1. The molecule has 4 nitrogen and oxygen atoms in total. The van der Waals surface area contributed by atoms with E-state index in [0.717, 1.165) is 29.5 Å². The lowest BCUT2D eigenvalue weighted by molar-refractivity contribution is -0.137. The van der Waals surface area contributed by atoms with Gasteiger partial charge in [0.15, 0.2) is 5.16 Å². The summed E-state index contributed by atoms with van der Waals surface area (Å²) < 4.78 is 40.8. The van der Waals surface area contributed by atoms with Crippen LogP contribution in [0.1, 0.15) is 18.9 Å². The lowest BCUT2D eigenvalue weighted by Crippen LogP contribution is -2.22. The number of halogens is 3. The zero-order chi connectivity index (χ0) is 19.9. The molecule has 0 bridgehead atoms. The molecule has 0 fully saturated rings. The van der Waals surface area contributed by atoms with E-state index in [1.54, 1.807) is 0 Å². The number of nitrogens with zero attached hydrogens (tertiary/aromatic N) is 2. The number of hydrogen-bond acceptors (Lipinski definition) is 3. The van der Waals surface area contributed by atoms with Crippen molar-refractivity contribution in [3.05, 3.63) is 64.4 Å². The van der Waals surface area contributed by atoms with Crippen molar-refractivity contribution in [3.63, 3.8) is 0 Å². The summed E-state index contributed by atoms with van der Waals surface area (Å²) in [7, 11) is 0. The van der Waals surface area contributed by atoms with Crippen molar-refractivity contribution < 1.29 is 13.2 Å². The van der Waals surface area contributed by atoms with Crippen LogP contribution in [0.2, 0.25) is 0 Å². The Bertz CT molecular complexity index is 1230. The highest BCUT2D eigenvalue weighted by Gasteiger charge is 2.31. The molecule has 2 heterocycles. The van der Waals surface area contributed by atoms with Crippen molar-refractivity contribution in [1.82, 2.24) is 14.5 Å². The van der Waals surface area contributed by atoms with Crippen LogP contribution >= 0.6 is 11.8 Å². The average molecular weight is 403 g/mol. The largest absolute Gasteiger partial charge is 0.416 e. The fourth-order valence-corrected chi connectivity index (χ4v) is 3.94. The maximum Gasteiger partial charge on any atom is 0.416 e. The summed E-state index contributed by atoms with van der Waals surface area (Å²) in [5, 5.41) is 1.19. The maximum absolute atomic E-state index is 13.2. The molecule has 0 unspecified atom stereocenters. The van der Waals surface area contributed by atoms with Gasteiger partial charge in [-0.1, -0.05) is 43.0 Å². The quantitative estimate of drug-likeness (QED) is 0.367. The molecule has 0 amide bonds. The van der Waals surface area contributed by atoms with Crippen LogP contribution in [0.3, 0.4) is 0 Å². The number of hydrogen-bond donors (Lipinski definition) is 1. The number of aromatic amines is 1. The van der Waals surface area contributed by atoms with Gasteiger partial charge in [0.1, 0.15) is 11.0 Å². The minimum Gasteiger partial charge on any atom is -0.349 e. The highest BCUT2D eigenvalue weighted by Crippen LogP contribution is 2.31. The Morgan fingerprint density at radius 3 is 2.68 bits per heavy atom. The SMILES string of the molecule is CCCSc1nc2c([nH]c3ccccc32)c(=O)n1-c1cccc(C(F)(F)F)c1. The molecule has 4 aromatic rings. The third-order valence-corrected chi connectivity index (χ3v) is 5.51. The predicted molar refractivity (Wildman–Crippen MR) is 105 cm³/mol. The molecule has 0 saturated carbocycles. The predicted octanol–water partition coefficient (Wildman–Crippen LogP) is 5.39. The summed E-state index contributed by atoms with van der Waals surface area (Å²) in [6.07, 6.45) is -3.65. The van der Waals surface area contributed by atoms with Crippen LogP contribution in [0.15, 0.2) is 58.5 Å². The first-order valence-electron chi connectivity index (χ1n) is 8.74. The van der Waals surface area contributed by atoms with Gasteiger partial charge in [0.05, 0.1) is 11.3 Å². The second-order valence-corrected chi connectivity index (χ2v) is 7.39. The van der Waals surface area contributed by atoms with Gasteiger partial charge in [-0.3, -0.25) is 9.36 Å². The lowest BCUT2D eigenvalue weighted by Gasteiger charge is -2.14. The minimum atomic E-state index is -4.49. The van der Waals surface area contributed by atoms with Gasteiger partial charge in [-0.15, -0.1) is 0 Å². The lowest BCUT2D eigenvalue weighted by atomic mass is 10.2. The average Bonchev–Trinajstić information content (AvgIpc) is 3.05. The molecule has 0 aliphatic heterocycles. The van der Waals surface area contributed by atoms with E-state index in [1.165, 1.54) is 28.5 Å². The first-order chi connectivity index (χ1) is 13.4. The van der Waals surface area contributed by atoms with Crippen LogP contribution in [0, 0.1) is 0 Å². The monoisotopic (exact) mass is 403 g/mol. The fourth-order valence-electron chi connectivity index (χ4n) is 3.08. The topological polar surface area (TPSA) is 50.7 Å². The molecular formula is C20H16F3N3OS. The Labute approximate surface area is 162 Å². The standard InChI is InChI=1S/C20H16F3N3OS/c1-2-10-28-19-25-16-14-8-3-4-9-15(14)24-17(16)18(27)26(19)13-7-5-6-12(11-13)20(21,22)23/h3-9,11,24H,2,10H2,1H3. The first-order valence-corrected chi connectivity index (χ1v) is 9.72. The number of benzene rings is 2. The molecule has 28 heavy (non-hydrogen) atoms. The molecule has 0 aliphatic rings. The van der Waals surface area contributed by atoms with Gasteiger partial charge in [-0.05, 0) is 30.7 Å². The molecule has 8 heteroatoms. The Balaban J connectivity index is 2.02. The van der Waals surface area contributed by atoms with E-state index in [1.807, 2.05) is 31.2 Å². The number of alkyl halides is 3. The Morgan fingerprint density at radius 1 is 1.14 bits per heavy atom. The number of para-hydroxylation sites is 1.